The molecule has 0 unspecified atom stereocenters. The second kappa shape index (κ2) is 9.54. The second-order valence-corrected chi connectivity index (χ2v) is 6.15. The summed E-state index contributed by atoms with van der Waals surface area (Å²) in [5, 5.41) is 4.10. The zero-order valence-corrected chi connectivity index (χ0v) is 16.2. The zero-order valence-electron chi connectivity index (χ0n) is 15.4. The molecule has 0 fully saturated rings. The van der Waals surface area contributed by atoms with Crippen LogP contribution in [0.25, 0.3) is 0 Å². The van der Waals surface area contributed by atoms with Crippen molar-refractivity contribution >= 4 is 17.3 Å². The summed E-state index contributed by atoms with van der Waals surface area (Å²) >= 11 is 6.33. The molecule has 0 atom stereocenters. The van der Waals surface area contributed by atoms with Crippen molar-refractivity contribution in [2.24, 2.45) is 0 Å². The van der Waals surface area contributed by atoms with Crippen molar-refractivity contribution in [3.63, 3.8) is 0 Å². The Morgan fingerprint density at radius 2 is 1.52 bits per heavy atom. The van der Waals surface area contributed by atoms with Crippen molar-refractivity contribution in [1.29, 1.82) is 0 Å². The zero-order chi connectivity index (χ0) is 18.2. The van der Waals surface area contributed by atoms with E-state index in [2.05, 4.69) is 48.3 Å². The maximum Gasteiger partial charge on any atom is 0.162 e. The first-order valence-electron chi connectivity index (χ1n) is 8.57. The van der Waals surface area contributed by atoms with Gasteiger partial charge in [-0.3, -0.25) is 0 Å². The van der Waals surface area contributed by atoms with E-state index in [1.807, 2.05) is 6.07 Å². The third kappa shape index (κ3) is 5.03. The van der Waals surface area contributed by atoms with Crippen LogP contribution in [0, 0.1) is 0 Å². The van der Waals surface area contributed by atoms with Crippen LogP contribution in [0.1, 0.15) is 25.0 Å². The maximum absolute atomic E-state index is 6.33. The molecule has 2 aromatic carbocycles. The number of hydrogen-bond donors (Lipinski definition) is 1. The molecule has 1 N–H and O–H groups in total. The fourth-order valence-corrected chi connectivity index (χ4v) is 3.01. The maximum atomic E-state index is 6.33. The molecular formula is C20H27ClN2O2. The first kappa shape index (κ1) is 19.4. The van der Waals surface area contributed by atoms with Crippen LogP contribution < -0.4 is 19.7 Å². The highest BCUT2D eigenvalue weighted by atomic mass is 35.5. The molecule has 4 nitrogen and oxygen atoms in total. The molecule has 2 aromatic rings. The Hall–Kier alpha value is -1.91. The molecule has 0 saturated carbocycles. The molecule has 0 amide bonds. The van der Waals surface area contributed by atoms with Gasteiger partial charge in [-0.2, -0.15) is 0 Å². The number of rotatable bonds is 9. The van der Waals surface area contributed by atoms with Gasteiger partial charge in [0.2, 0.25) is 0 Å². The molecule has 5 heteroatoms. The molecule has 0 aliphatic carbocycles. The summed E-state index contributed by atoms with van der Waals surface area (Å²) < 4.78 is 10.6. The minimum Gasteiger partial charge on any atom is -0.493 e. The van der Waals surface area contributed by atoms with Crippen LogP contribution in [0.15, 0.2) is 36.4 Å². The average molecular weight is 363 g/mol. The van der Waals surface area contributed by atoms with Gasteiger partial charge in [-0.15, -0.1) is 0 Å². The van der Waals surface area contributed by atoms with E-state index in [0.29, 0.717) is 23.1 Å². The molecule has 136 valence electrons. The van der Waals surface area contributed by atoms with Gasteiger partial charge in [0.15, 0.2) is 11.5 Å². The summed E-state index contributed by atoms with van der Waals surface area (Å²) in [6, 6.07) is 12.4. The Kier molecular flexibility index (Phi) is 7.41. The largest absolute Gasteiger partial charge is 0.493 e. The average Bonchev–Trinajstić information content (AvgIpc) is 2.64. The van der Waals surface area contributed by atoms with E-state index < -0.39 is 0 Å². The monoisotopic (exact) mass is 362 g/mol. The smallest absolute Gasteiger partial charge is 0.162 e. The predicted octanol–water partition coefficient (Wildman–Crippen LogP) is 4.49. The summed E-state index contributed by atoms with van der Waals surface area (Å²) in [5.74, 6) is 1.33. The van der Waals surface area contributed by atoms with Crippen molar-refractivity contribution in [1.82, 2.24) is 5.32 Å². The van der Waals surface area contributed by atoms with Gasteiger partial charge in [-0.05, 0) is 43.2 Å². The van der Waals surface area contributed by atoms with Gasteiger partial charge in [0.25, 0.3) is 0 Å². The van der Waals surface area contributed by atoms with Crippen LogP contribution in [-0.2, 0) is 13.1 Å². The Morgan fingerprint density at radius 1 is 0.920 bits per heavy atom. The van der Waals surface area contributed by atoms with Crippen molar-refractivity contribution in [3.8, 4) is 11.5 Å². The second-order valence-electron chi connectivity index (χ2n) is 5.74. The molecule has 0 spiro atoms. The number of benzene rings is 2. The van der Waals surface area contributed by atoms with E-state index in [-0.39, 0.29) is 0 Å². The molecular weight excluding hydrogens is 336 g/mol. The van der Waals surface area contributed by atoms with Crippen LogP contribution in [0.2, 0.25) is 5.02 Å². The normalized spacial score (nSPS) is 10.6. The molecule has 2 rings (SSSR count). The number of nitrogens with zero attached hydrogens (tertiary/aromatic N) is 1. The number of halogens is 1. The molecule has 0 bridgehead atoms. The van der Waals surface area contributed by atoms with Crippen LogP contribution in [-0.4, -0.2) is 27.3 Å². The topological polar surface area (TPSA) is 33.7 Å². The summed E-state index contributed by atoms with van der Waals surface area (Å²) in [6.07, 6.45) is 0. The Labute approximate surface area is 155 Å². The van der Waals surface area contributed by atoms with E-state index in [1.54, 1.807) is 20.3 Å². The first-order chi connectivity index (χ1) is 12.1. The van der Waals surface area contributed by atoms with Gasteiger partial charge >= 0.3 is 0 Å². The van der Waals surface area contributed by atoms with Crippen molar-refractivity contribution in [2.75, 3.05) is 32.2 Å². The van der Waals surface area contributed by atoms with Gasteiger partial charge in [-0.1, -0.05) is 23.7 Å². The van der Waals surface area contributed by atoms with Gasteiger partial charge in [0.1, 0.15) is 0 Å². The molecule has 25 heavy (non-hydrogen) atoms. The highest BCUT2D eigenvalue weighted by molar-refractivity contribution is 6.31. The van der Waals surface area contributed by atoms with Crippen LogP contribution >= 0.6 is 11.6 Å². The van der Waals surface area contributed by atoms with Crippen molar-refractivity contribution in [2.45, 2.75) is 26.9 Å². The summed E-state index contributed by atoms with van der Waals surface area (Å²) in [5.41, 5.74) is 3.49. The Bertz CT molecular complexity index is 670. The highest BCUT2D eigenvalue weighted by Gasteiger charge is 2.09. The fraction of sp³-hybridized carbons (Fsp3) is 0.400. The summed E-state index contributed by atoms with van der Waals surface area (Å²) in [6.45, 7) is 7.83. The Balaban J connectivity index is 1.96. The number of nitrogens with one attached hydrogen (secondary N) is 1. The van der Waals surface area contributed by atoms with E-state index in [1.165, 1.54) is 11.3 Å². The fourth-order valence-electron chi connectivity index (χ4n) is 2.79. The minimum atomic E-state index is 0.642. The Morgan fingerprint density at radius 3 is 2.08 bits per heavy atom. The van der Waals surface area contributed by atoms with Crippen LogP contribution in [0.4, 0.5) is 5.69 Å². The van der Waals surface area contributed by atoms with E-state index in [4.69, 9.17) is 21.1 Å². The number of ether oxygens (including phenoxy) is 2. The predicted molar refractivity (Wildman–Crippen MR) is 105 cm³/mol. The third-order valence-electron chi connectivity index (χ3n) is 4.26. The van der Waals surface area contributed by atoms with Gasteiger partial charge < -0.3 is 19.7 Å². The molecule has 0 aliphatic heterocycles. The van der Waals surface area contributed by atoms with Crippen LogP contribution in [0.5, 0.6) is 11.5 Å². The number of methoxy groups -OCH3 is 2. The third-order valence-corrected chi connectivity index (χ3v) is 4.61. The standard InChI is InChI=1S/C20H27ClN2O2/c1-5-23(6-2)17-9-7-15(8-10-17)13-22-14-16-11-19(24-3)20(25-4)12-18(16)21/h7-12,22H,5-6,13-14H2,1-4H3. The molecule has 0 radical (unpaired) electrons. The van der Waals surface area contributed by atoms with Gasteiger partial charge in [0, 0.05) is 43.0 Å². The lowest BCUT2D eigenvalue weighted by Gasteiger charge is -2.21. The van der Waals surface area contributed by atoms with Gasteiger partial charge in [-0.25, -0.2) is 0 Å². The summed E-state index contributed by atoms with van der Waals surface area (Å²) in [7, 11) is 3.23. The van der Waals surface area contributed by atoms with E-state index in [0.717, 1.165) is 25.2 Å². The first-order valence-corrected chi connectivity index (χ1v) is 8.95. The van der Waals surface area contributed by atoms with E-state index >= 15 is 0 Å². The molecule has 0 heterocycles. The van der Waals surface area contributed by atoms with Gasteiger partial charge in [0.05, 0.1) is 14.2 Å². The quantitative estimate of drug-likeness (QED) is 0.712. The molecule has 0 saturated heterocycles. The molecule has 0 aliphatic rings. The molecule has 0 aromatic heterocycles. The number of hydrogen-bond acceptors (Lipinski definition) is 4. The minimum absolute atomic E-state index is 0.642. The highest BCUT2D eigenvalue weighted by Crippen LogP contribution is 2.33. The lowest BCUT2D eigenvalue weighted by atomic mass is 10.1. The van der Waals surface area contributed by atoms with Crippen molar-refractivity contribution < 1.29 is 9.47 Å². The SMILES string of the molecule is CCN(CC)c1ccc(CNCc2cc(OC)c(OC)cc2Cl)cc1. The number of anilines is 1. The summed E-state index contributed by atoms with van der Waals surface area (Å²) in [4.78, 5) is 2.33. The van der Waals surface area contributed by atoms with Crippen LogP contribution in [0.3, 0.4) is 0 Å². The van der Waals surface area contributed by atoms with Crippen molar-refractivity contribution in [3.05, 3.63) is 52.5 Å². The lowest BCUT2D eigenvalue weighted by Crippen LogP contribution is -2.21. The lowest BCUT2D eigenvalue weighted by molar-refractivity contribution is 0.354. The van der Waals surface area contributed by atoms with E-state index in [9.17, 15) is 0 Å².